The van der Waals surface area contributed by atoms with Crippen molar-refractivity contribution in [3.05, 3.63) is 64.0 Å². The molecule has 0 aliphatic heterocycles. The van der Waals surface area contributed by atoms with Gasteiger partial charge in [0.25, 0.3) is 5.91 Å². The van der Waals surface area contributed by atoms with E-state index >= 15 is 0 Å². The first kappa shape index (κ1) is 14.0. The molecule has 2 aromatic heterocycles. The van der Waals surface area contributed by atoms with Crippen molar-refractivity contribution in [3.8, 4) is 0 Å². The van der Waals surface area contributed by atoms with E-state index in [4.69, 9.17) is 11.6 Å². The molecule has 0 bridgehead atoms. The molecule has 3 rings (SSSR count). The van der Waals surface area contributed by atoms with Crippen molar-refractivity contribution in [3.63, 3.8) is 0 Å². The molecule has 2 heterocycles. The predicted molar refractivity (Wildman–Crippen MR) is 86.6 cm³/mol. The van der Waals surface area contributed by atoms with E-state index in [1.54, 1.807) is 42.6 Å². The number of pyridine rings is 2. The second kappa shape index (κ2) is 5.79. The summed E-state index contributed by atoms with van der Waals surface area (Å²) in [6.45, 7) is 0. The summed E-state index contributed by atoms with van der Waals surface area (Å²) in [4.78, 5) is 20.6. The molecule has 21 heavy (non-hydrogen) atoms. The van der Waals surface area contributed by atoms with Crippen LogP contribution in [0.1, 0.15) is 10.5 Å². The number of carbonyl (C=O) groups excluding carboxylic acids is 1. The first-order valence-corrected chi connectivity index (χ1v) is 7.29. The number of amides is 1. The Kier molecular flexibility index (Phi) is 3.86. The monoisotopic (exact) mass is 361 g/mol. The van der Waals surface area contributed by atoms with Crippen LogP contribution in [0.3, 0.4) is 0 Å². The molecule has 4 nitrogen and oxygen atoms in total. The molecule has 3 aromatic rings. The molecule has 0 saturated heterocycles. The quantitative estimate of drug-likeness (QED) is 0.692. The topological polar surface area (TPSA) is 54.9 Å². The average molecular weight is 363 g/mol. The van der Waals surface area contributed by atoms with Crippen molar-refractivity contribution in [1.82, 2.24) is 9.97 Å². The molecule has 1 N–H and O–H groups in total. The van der Waals surface area contributed by atoms with E-state index in [1.807, 2.05) is 6.07 Å². The number of carbonyl (C=O) groups is 1. The summed E-state index contributed by atoms with van der Waals surface area (Å²) in [5, 5.41) is 4.20. The number of nitrogens with zero attached hydrogens (tertiary/aromatic N) is 2. The molecule has 0 aliphatic carbocycles. The zero-order valence-corrected chi connectivity index (χ0v) is 13.0. The summed E-state index contributed by atoms with van der Waals surface area (Å²) in [6.07, 6.45) is 1.66. The third-order valence-electron chi connectivity index (χ3n) is 2.91. The lowest BCUT2D eigenvalue weighted by molar-refractivity contribution is 0.102. The second-order valence-electron chi connectivity index (χ2n) is 4.29. The number of halogens is 2. The lowest BCUT2D eigenvalue weighted by Crippen LogP contribution is -2.14. The summed E-state index contributed by atoms with van der Waals surface area (Å²) < 4.78 is 0.606. The average Bonchev–Trinajstić information content (AvgIpc) is 2.50. The fourth-order valence-corrected chi connectivity index (χ4v) is 2.52. The van der Waals surface area contributed by atoms with Crippen LogP contribution in [0.4, 0.5) is 5.69 Å². The Morgan fingerprint density at radius 1 is 1.14 bits per heavy atom. The van der Waals surface area contributed by atoms with Crippen LogP contribution in [0.5, 0.6) is 0 Å². The molecule has 0 fully saturated rings. The summed E-state index contributed by atoms with van der Waals surface area (Å²) in [6, 6.07) is 12.3. The molecule has 0 aliphatic rings. The van der Waals surface area contributed by atoms with Gasteiger partial charge in [0.15, 0.2) is 0 Å². The number of anilines is 1. The Morgan fingerprint density at radius 3 is 2.81 bits per heavy atom. The molecular weight excluding hydrogens is 354 g/mol. The molecule has 0 atom stereocenters. The first-order chi connectivity index (χ1) is 10.1. The van der Waals surface area contributed by atoms with Crippen LogP contribution in [0, 0.1) is 0 Å². The van der Waals surface area contributed by atoms with Gasteiger partial charge in [0.2, 0.25) is 0 Å². The zero-order valence-electron chi connectivity index (χ0n) is 10.7. The highest BCUT2D eigenvalue weighted by atomic mass is 79.9. The number of rotatable bonds is 2. The van der Waals surface area contributed by atoms with E-state index in [9.17, 15) is 4.79 Å². The maximum atomic E-state index is 12.2. The lowest BCUT2D eigenvalue weighted by Gasteiger charge is -2.08. The minimum atomic E-state index is -0.300. The molecule has 0 unspecified atom stereocenters. The molecule has 0 spiro atoms. The van der Waals surface area contributed by atoms with Crippen LogP contribution in [0.2, 0.25) is 5.02 Å². The molecule has 104 valence electrons. The van der Waals surface area contributed by atoms with Gasteiger partial charge in [-0.05, 0) is 52.3 Å². The number of hydrogen-bond donors (Lipinski definition) is 1. The van der Waals surface area contributed by atoms with Crippen LogP contribution in [0.15, 0.2) is 53.3 Å². The Hall–Kier alpha value is -1.98. The van der Waals surface area contributed by atoms with Gasteiger partial charge in [0.05, 0.1) is 16.2 Å². The fraction of sp³-hybridized carbons (Fsp3) is 0. The standard InChI is InChI=1S/C15H9BrClN3O/c16-13-5-1-4-12(19-13)15(21)20-11-7-6-10(17)9-3-2-8-18-14(9)11/h1-8H,(H,20,21). The van der Waals surface area contributed by atoms with Gasteiger partial charge in [-0.2, -0.15) is 0 Å². The van der Waals surface area contributed by atoms with E-state index in [1.165, 1.54) is 0 Å². The highest BCUT2D eigenvalue weighted by molar-refractivity contribution is 9.10. The predicted octanol–water partition coefficient (Wildman–Crippen LogP) is 4.30. The number of benzene rings is 1. The van der Waals surface area contributed by atoms with Crippen LogP contribution >= 0.6 is 27.5 Å². The summed E-state index contributed by atoms with van der Waals surface area (Å²) in [5.74, 6) is -0.300. The smallest absolute Gasteiger partial charge is 0.274 e. The van der Waals surface area contributed by atoms with Crippen molar-refractivity contribution in [2.45, 2.75) is 0 Å². The number of aromatic nitrogens is 2. The zero-order chi connectivity index (χ0) is 14.8. The Labute approximate surface area is 134 Å². The van der Waals surface area contributed by atoms with Crippen molar-refractivity contribution in [1.29, 1.82) is 0 Å². The van der Waals surface area contributed by atoms with Gasteiger partial charge in [-0.15, -0.1) is 0 Å². The van der Waals surface area contributed by atoms with Gasteiger partial charge in [0, 0.05) is 11.6 Å². The maximum Gasteiger partial charge on any atom is 0.274 e. The minimum absolute atomic E-state index is 0.300. The number of hydrogen-bond acceptors (Lipinski definition) is 3. The minimum Gasteiger partial charge on any atom is -0.319 e. The molecule has 1 amide bonds. The normalized spacial score (nSPS) is 10.6. The third kappa shape index (κ3) is 2.89. The van der Waals surface area contributed by atoms with Crippen molar-refractivity contribution >= 4 is 50.0 Å². The van der Waals surface area contributed by atoms with Crippen molar-refractivity contribution in [2.75, 3.05) is 5.32 Å². The lowest BCUT2D eigenvalue weighted by atomic mass is 10.2. The van der Waals surface area contributed by atoms with Gasteiger partial charge in [0.1, 0.15) is 10.3 Å². The Morgan fingerprint density at radius 2 is 2.00 bits per heavy atom. The van der Waals surface area contributed by atoms with Crippen molar-refractivity contribution in [2.24, 2.45) is 0 Å². The Bertz CT molecular complexity index is 838. The van der Waals surface area contributed by atoms with E-state index in [2.05, 4.69) is 31.2 Å². The molecular formula is C15H9BrClN3O. The van der Waals surface area contributed by atoms with Gasteiger partial charge in [-0.3, -0.25) is 9.78 Å². The van der Waals surface area contributed by atoms with Crippen LogP contribution in [-0.4, -0.2) is 15.9 Å². The molecule has 1 aromatic carbocycles. The van der Waals surface area contributed by atoms with Crippen LogP contribution in [-0.2, 0) is 0 Å². The maximum absolute atomic E-state index is 12.2. The van der Waals surface area contributed by atoms with Gasteiger partial charge < -0.3 is 5.32 Å². The van der Waals surface area contributed by atoms with Gasteiger partial charge >= 0.3 is 0 Å². The van der Waals surface area contributed by atoms with Crippen molar-refractivity contribution < 1.29 is 4.79 Å². The highest BCUT2D eigenvalue weighted by Gasteiger charge is 2.11. The first-order valence-electron chi connectivity index (χ1n) is 6.12. The Balaban J connectivity index is 1.99. The molecule has 0 radical (unpaired) electrons. The van der Waals surface area contributed by atoms with E-state index in [0.29, 0.717) is 26.5 Å². The van der Waals surface area contributed by atoms with Crippen LogP contribution in [0.25, 0.3) is 10.9 Å². The number of fused-ring (bicyclic) bond motifs is 1. The van der Waals surface area contributed by atoms with Gasteiger partial charge in [-0.1, -0.05) is 17.7 Å². The van der Waals surface area contributed by atoms with Gasteiger partial charge in [-0.25, -0.2) is 4.98 Å². The molecule has 0 saturated carbocycles. The van der Waals surface area contributed by atoms with Crippen LogP contribution < -0.4 is 5.32 Å². The highest BCUT2D eigenvalue weighted by Crippen LogP contribution is 2.28. The second-order valence-corrected chi connectivity index (χ2v) is 5.51. The fourth-order valence-electron chi connectivity index (χ4n) is 1.96. The van der Waals surface area contributed by atoms with E-state index in [0.717, 1.165) is 5.39 Å². The SMILES string of the molecule is O=C(Nc1ccc(Cl)c2cccnc12)c1cccc(Br)n1. The summed E-state index contributed by atoms with van der Waals surface area (Å²) in [5.41, 5.74) is 1.57. The van der Waals surface area contributed by atoms with E-state index < -0.39 is 0 Å². The molecule has 6 heteroatoms. The summed E-state index contributed by atoms with van der Waals surface area (Å²) >= 11 is 9.38. The van der Waals surface area contributed by atoms with E-state index in [-0.39, 0.29) is 5.91 Å². The largest absolute Gasteiger partial charge is 0.319 e. The summed E-state index contributed by atoms with van der Waals surface area (Å²) in [7, 11) is 0. The third-order valence-corrected chi connectivity index (χ3v) is 3.68. The number of nitrogens with one attached hydrogen (secondary N) is 1.